The molecule has 12 heavy (non-hydrogen) atoms. The van der Waals surface area contributed by atoms with Gasteiger partial charge in [0.1, 0.15) is 5.15 Å². The number of halogens is 1. The maximum Gasteiger partial charge on any atom is 0.191 e. The second-order valence-corrected chi connectivity index (χ2v) is 2.97. The summed E-state index contributed by atoms with van der Waals surface area (Å²) in [5.74, 6) is 0. The van der Waals surface area contributed by atoms with Crippen molar-refractivity contribution in [1.82, 2.24) is 4.98 Å². The highest BCUT2D eigenvalue weighted by atomic mass is 35.5. The molecule has 1 aliphatic rings. The first-order chi connectivity index (χ1) is 5.75. The molecule has 64 valence electrons. The molecule has 1 saturated heterocycles. The Morgan fingerprint density at radius 3 is 2.67 bits per heavy atom. The highest BCUT2D eigenvalue weighted by Crippen LogP contribution is 2.30. The molecule has 0 aliphatic carbocycles. The van der Waals surface area contributed by atoms with Gasteiger partial charge in [0.05, 0.1) is 0 Å². The minimum absolute atomic E-state index is 0.106. The van der Waals surface area contributed by atoms with Crippen molar-refractivity contribution in [2.45, 2.75) is 19.5 Å². The Labute approximate surface area is 75.3 Å². The van der Waals surface area contributed by atoms with Crippen molar-refractivity contribution in [2.24, 2.45) is 0 Å². The van der Waals surface area contributed by atoms with Crippen molar-refractivity contribution in [2.75, 3.05) is 0 Å². The van der Waals surface area contributed by atoms with Gasteiger partial charge in [0.15, 0.2) is 12.6 Å². The Kier molecular flexibility index (Phi) is 2.00. The summed E-state index contributed by atoms with van der Waals surface area (Å²) in [5, 5.41) is 0.478. The van der Waals surface area contributed by atoms with Crippen LogP contribution in [0.2, 0.25) is 5.15 Å². The van der Waals surface area contributed by atoms with Gasteiger partial charge in [-0.3, -0.25) is 0 Å². The zero-order valence-corrected chi connectivity index (χ0v) is 7.28. The van der Waals surface area contributed by atoms with Crippen LogP contribution in [0.15, 0.2) is 18.3 Å². The molecule has 2 rings (SSSR count). The van der Waals surface area contributed by atoms with Crippen molar-refractivity contribution in [3.8, 4) is 0 Å². The molecule has 0 atom stereocenters. The molecule has 1 aromatic heterocycles. The van der Waals surface area contributed by atoms with E-state index >= 15 is 0 Å². The maximum atomic E-state index is 5.61. The maximum absolute atomic E-state index is 5.61. The minimum Gasteiger partial charge on any atom is -0.319 e. The summed E-state index contributed by atoms with van der Waals surface area (Å²) >= 11 is 5.61. The van der Waals surface area contributed by atoms with Crippen LogP contribution in [-0.4, -0.2) is 11.3 Å². The monoisotopic (exact) mass is 185 g/mol. The smallest absolute Gasteiger partial charge is 0.191 e. The lowest BCUT2D eigenvalue weighted by molar-refractivity contribution is -0.382. The van der Waals surface area contributed by atoms with Crippen molar-refractivity contribution in [1.29, 1.82) is 0 Å². The molecule has 4 heteroatoms. The molecule has 0 saturated carbocycles. The molecule has 0 N–H and O–H groups in total. The molecule has 0 spiro atoms. The van der Waals surface area contributed by atoms with Crippen LogP contribution < -0.4 is 0 Å². The predicted molar refractivity (Wildman–Crippen MR) is 43.6 cm³/mol. The second kappa shape index (κ2) is 3.01. The van der Waals surface area contributed by atoms with Gasteiger partial charge in [0.25, 0.3) is 0 Å². The number of rotatable bonds is 1. The topological polar surface area (TPSA) is 31.4 Å². The van der Waals surface area contributed by atoms with Gasteiger partial charge < -0.3 is 9.47 Å². The van der Waals surface area contributed by atoms with E-state index in [9.17, 15) is 0 Å². The number of ether oxygens (including phenoxy) is 2. The fourth-order valence-electron chi connectivity index (χ4n) is 1.04. The standard InChI is InChI=1S/C8H8ClNO2/c1-5-11-8(12-5)6-2-3-7(9)10-4-6/h2-5,8H,1H3. The van der Waals surface area contributed by atoms with Crippen molar-refractivity contribution in [3.63, 3.8) is 0 Å². The molecule has 0 radical (unpaired) electrons. The Hall–Kier alpha value is -0.640. The molecule has 0 unspecified atom stereocenters. The Morgan fingerprint density at radius 2 is 2.17 bits per heavy atom. The van der Waals surface area contributed by atoms with E-state index < -0.39 is 0 Å². The molecule has 1 fully saturated rings. The lowest BCUT2D eigenvalue weighted by Crippen LogP contribution is -2.31. The van der Waals surface area contributed by atoms with Gasteiger partial charge in [0.2, 0.25) is 0 Å². The molecule has 0 bridgehead atoms. The molecular formula is C8H8ClNO2. The quantitative estimate of drug-likeness (QED) is 0.628. The summed E-state index contributed by atoms with van der Waals surface area (Å²) < 4.78 is 10.5. The summed E-state index contributed by atoms with van der Waals surface area (Å²) in [6.07, 6.45) is 1.29. The average molecular weight is 186 g/mol. The summed E-state index contributed by atoms with van der Waals surface area (Å²) in [4.78, 5) is 3.91. The van der Waals surface area contributed by atoms with E-state index in [4.69, 9.17) is 21.1 Å². The fourth-order valence-corrected chi connectivity index (χ4v) is 1.15. The lowest BCUT2D eigenvalue weighted by atomic mass is 10.2. The first-order valence-electron chi connectivity index (χ1n) is 3.68. The second-order valence-electron chi connectivity index (χ2n) is 2.59. The predicted octanol–water partition coefficient (Wildman–Crippen LogP) is 2.13. The Morgan fingerprint density at radius 1 is 1.42 bits per heavy atom. The number of nitrogens with zero attached hydrogens (tertiary/aromatic N) is 1. The molecule has 3 nitrogen and oxygen atoms in total. The van der Waals surface area contributed by atoms with Crippen molar-refractivity contribution >= 4 is 11.6 Å². The van der Waals surface area contributed by atoms with Crippen LogP contribution in [0.4, 0.5) is 0 Å². The van der Waals surface area contributed by atoms with Crippen LogP contribution >= 0.6 is 11.6 Å². The third kappa shape index (κ3) is 1.43. The van der Waals surface area contributed by atoms with Crippen molar-refractivity contribution in [3.05, 3.63) is 29.0 Å². The van der Waals surface area contributed by atoms with E-state index in [0.29, 0.717) is 5.15 Å². The van der Waals surface area contributed by atoms with Gasteiger partial charge in [-0.25, -0.2) is 4.98 Å². The number of hydrogen-bond donors (Lipinski definition) is 0. The van der Waals surface area contributed by atoms with Crippen molar-refractivity contribution < 1.29 is 9.47 Å². The fraction of sp³-hybridized carbons (Fsp3) is 0.375. The SMILES string of the molecule is CC1OC(c2ccc(Cl)nc2)O1. The van der Waals surface area contributed by atoms with E-state index in [2.05, 4.69) is 4.98 Å². The normalized spacial score (nSPS) is 28.2. The minimum atomic E-state index is -0.259. The highest BCUT2D eigenvalue weighted by Gasteiger charge is 2.28. The third-order valence-corrected chi connectivity index (χ3v) is 1.88. The molecule has 1 aromatic rings. The van der Waals surface area contributed by atoms with Crippen LogP contribution in [-0.2, 0) is 9.47 Å². The van der Waals surface area contributed by atoms with Crippen LogP contribution in [0.3, 0.4) is 0 Å². The highest BCUT2D eigenvalue weighted by molar-refractivity contribution is 6.29. The van der Waals surface area contributed by atoms with E-state index in [-0.39, 0.29) is 12.6 Å². The van der Waals surface area contributed by atoms with Gasteiger partial charge in [-0.15, -0.1) is 0 Å². The summed E-state index contributed by atoms with van der Waals surface area (Å²) in [6.45, 7) is 1.85. The zero-order valence-electron chi connectivity index (χ0n) is 6.53. The summed E-state index contributed by atoms with van der Waals surface area (Å²) in [5.41, 5.74) is 0.900. The Balaban J connectivity index is 2.09. The van der Waals surface area contributed by atoms with Gasteiger partial charge in [-0.2, -0.15) is 0 Å². The van der Waals surface area contributed by atoms with Crippen LogP contribution in [0.25, 0.3) is 0 Å². The van der Waals surface area contributed by atoms with Gasteiger partial charge in [0, 0.05) is 11.8 Å². The molecule has 0 aromatic carbocycles. The van der Waals surface area contributed by atoms with Crippen LogP contribution in [0.1, 0.15) is 18.8 Å². The third-order valence-electron chi connectivity index (χ3n) is 1.65. The number of aromatic nitrogens is 1. The van der Waals surface area contributed by atoms with E-state index in [0.717, 1.165) is 5.56 Å². The first kappa shape index (κ1) is 7.98. The van der Waals surface area contributed by atoms with E-state index in [1.54, 1.807) is 12.3 Å². The number of pyridine rings is 1. The van der Waals surface area contributed by atoms with Gasteiger partial charge >= 0.3 is 0 Å². The van der Waals surface area contributed by atoms with Gasteiger partial charge in [-0.05, 0) is 19.1 Å². The zero-order chi connectivity index (χ0) is 8.55. The first-order valence-corrected chi connectivity index (χ1v) is 4.06. The Bertz CT molecular complexity index is 269. The average Bonchev–Trinajstić information content (AvgIpc) is 2.01. The van der Waals surface area contributed by atoms with Gasteiger partial charge in [-0.1, -0.05) is 11.6 Å². The molecular weight excluding hydrogens is 178 g/mol. The molecule has 2 heterocycles. The summed E-state index contributed by atoms with van der Waals surface area (Å²) in [6, 6.07) is 3.55. The van der Waals surface area contributed by atoms with Crippen LogP contribution in [0.5, 0.6) is 0 Å². The van der Waals surface area contributed by atoms with E-state index in [1.165, 1.54) is 0 Å². The molecule has 1 aliphatic heterocycles. The van der Waals surface area contributed by atoms with Crippen LogP contribution in [0, 0.1) is 0 Å². The lowest BCUT2D eigenvalue weighted by Gasteiger charge is -2.33. The number of hydrogen-bond acceptors (Lipinski definition) is 3. The molecule has 0 amide bonds. The largest absolute Gasteiger partial charge is 0.319 e. The summed E-state index contributed by atoms with van der Waals surface area (Å²) in [7, 11) is 0. The van der Waals surface area contributed by atoms with E-state index in [1.807, 2.05) is 13.0 Å².